The van der Waals surface area contributed by atoms with Gasteiger partial charge in [-0.1, -0.05) is 0 Å². The lowest BCUT2D eigenvalue weighted by Gasteiger charge is -2.11. The fourth-order valence-electron chi connectivity index (χ4n) is 2.63. The molecular weight excluding hydrogens is 371 g/mol. The highest BCUT2D eigenvalue weighted by Gasteiger charge is 2.47. The third kappa shape index (κ3) is 3.36. The van der Waals surface area contributed by atoms with Crippen molar-refractivity contribution in [2.75, 3.05) is 0 Å². The van der Waals surface area contributed by atoms with Gasteiger partial charge in [0.15, 0.2) is 0 Å². The molecule has 0 N–H and O–H groups in total. The van der Waals surface area contributed by atoms with Crippen molar-refractivity contribution in [3.05, 3.63) is 60.4 Å². The molecule has 1 saturated carbocycles. The molecule has 1 fully saturated rings. The fraction of sp³-hybridized carbons (Fsp3) is 0.211. The minimum Gasteiger partial charge on any atom is -0.437 e. The zero-order valence-corrected chi connectivity index (χ0v) is 14.3. The van der Waals surface area contributed by atoms with Crippen molar-refractivity contribution in [1.82, 2.24) is 19.9 Å². The molecular formula is C19H12F3N5O. The van der Waals surface area contributed by atoms with Gasteiger partial charge in [0.2, 0.25) is 5.88 Å². The summed E-state index contributed by atoms with van der Waals surface area (Å²) in [7, 11) is 0. The van der Waals surface area contributed by atoms with E-state index >= 15 is 0 Å². The molecule has 0 saturated heterocycles. The Morgan fingerprint density at radius 1 is 0.964 bits per heavy atom. The zero-order chi connectivity index (χ0) is 19.8. The average molecular weight is 383 g/mol. The minimum absolute atomic E-state index is 0.111. The van der Waals surface area contributed by atoms with Crippen molar-refractivity contribution in [2.24, 2.45) is 0 Å². The van der Waals surface area contributed by atoms with Gasteiger partial charge in [-0.15, -0.1) is 0 Å². The van der Waals surface area contributed by atoms with Crippen LogP contribution in [0.5, 0.6) is 11.6 Å². The van der Waals surface area contributed by atoms with Gasteiger partial charge in [0.1, 0.15) is 22.7 Å². The van der Waals surface area contributed by atoms with E-state index in [0.717, 1.165) is 25.0 Å². The van der Waals surface area contributed by atoms with Crippen LogP contribution in [-0.4, -0.2) is 19.9 Å². The van der Waals surface area contributed by atoms with E-state index in [-0.39, 0.29) is 11.6 Å². The molecule has 0 spiro atoms. The van der Waals surface area contributed by atoms with Gasteiger partial charge in [-0.2, -0.15) is 18.4 Å². The molecule has 1 aliphatic carbocycles. The van der Waals surface area contributed by atoms with Gasteiger partial charge in [-0.05, 0) is 37.1 Å². The third-order valence-electron chi connectivity index (χ3n) is 4.38. The number of nitriles is 1. The molecule has 9 heteroatoms. The van der Waals surface area contributed by atoms with Crippen molar-refractivity contribution < 1.29 is 17.9 Å². The van der Waals surface area contributed by atoms with E-state index in [1.54, 1.807) is 0 Å². The van der Waals surface area contributed by atoms with Crippen molar-refractivity contribution in [2.45, 2.75) is 24.4 Å². The SMILES string of the molecule is N#CC1(c2ncc(-c3nccnc3Oc3ccc(C(F)(F)F)cc3)cn2)CC1. The van der Waals surface area contributed by atoms with Crippen molar-refractivity contribution >= 4 is 0 Å². The van der Waals surface area contributed by atoms with Gasteiger partial charge >= 0.3 is 6.18 Å². The first-order valence-electron chi connectivity index (χ1n) is 8.32. The number of nitrogens with zero attached hydrogens (tertiary/aromatic N) is 5. The number of hydrogen-bond acceptors (Lipinski definition) is 6. The molecule has 28 heavy (non-hydrogen) atoms. The molecule has 0 bridgehead atoms. The van der Waals surface area contributed by atoms with Crippen LogP contribution in [0.1, 0.15) is 24.2 Å². The maximum Gasteiger partial charge on any atom is 0.416 e. The number of ether oxygens (including phenoxy) is 1. The van der Waals surface area contributed by atoms with E-state index in [1.165, 1.54) is 36.9 Å². The van der Waals surface area contributed by atoms with Crippen LogP contribution in [0.2, 0.25) is 0 Å². The summed E-state index contributed by atoms with van der Waals surface area (Å²) in [6, 6.07) is 6.52. The lowest BCUT2D eigenvalue weighted by Crippen LogP contribution is -2.08. The van der Waals surface area contributed by atoms with Gasteiger partial charge in [-0.3, -0.25) is 0 Å². The van der Waals surface area contributed by atoms with Crippen molar-refractivity contribution in [3.8, 4) is 29.0 Å². The Labute approximate surface area is 157 Å². The second-order valence-electron chi connectivity index (χ2n) is 6.32. The van der Waals surface area contributed by atoms with Crippen LogP contribution in [0, 0.1) is 11.3 Å². The smallest absolute Gasteiger partial charge is 0.416 e. The molecule has 0 aliphatic heterocycles. The molecule has 140 valence electrons. The Kier molecular flexibility index (Phi) is 4.19. The van der Waals surface area contributed by atoms with Crippen LogP contribution in [0.4, 0.5) is 13.2 Å². The largest absolute Gasteiger partial charge is 0.437 e. The topological polar surface area (TPSA) is 84.6 Å². The summed E-state index contributed by atoms with van der Waals surface area (Å²) in [5, 5.41) is 9.23. The Balaban J connectivity index is 1.60. The summed E-state index contributed by atoms with van der Waals surface area (Å²) in [5.74, 6) is 0.765. The van der Waals surface area contributed by atoms with E-state index in [1.807, 2.05) is 0 Å². The molecule has 3 aromatic rings. The van der Waals surface area contributed by atoms with Crippen molar-refractivity contribution in [1.29, 1.82) is 5.26 Å². The Hall–Kier alpha value is -3.54. The molecule has 0 amide bonds. The van der Waals surface area contributed by atoms with Crippen molar-refractivity contribution in [3.63, 3.8) is 0 Å². The number of hydrogen-bond donors (Lipinski definition) is 0. The highest BCUT2D eigenvalue weighted by Crippen LogP contribution is 2.45. The second kappa shape index (κ2) is 6.56. The van der Waals surface area contributed by atoms with E-state index in [9.17, 15) is 18.4 Å². The van der Waals surface area contributed by atoms with Gasteiger partial charge in [-0.25, -0.2) is 19.9 Å². The van der Waals surface area contributed by atoms with Crippen LogP contribution in [0.15, 0.2) is 49.1 Å². The summed E-state index contributed by atoms with van der Waals surface area (Å²) in [6.45, 7) is 0. The van der Waals surface area contributed by atoms with Crippen LogP contribution < -0.4 is 4.74 Å². The molecule has 0 radical (unpaired) electrons. The molecule has 2 aromatic heterocycles. The first-order valence-corrected chi connectivity index (χ1v) is 8.32. The normalized spacial score (nSPS) is 14.9. The molecule has 6 nitrogen and oxygen atoms in total. The maximum absolute atomic E-state index is 12.7. The van der Waals surface area contributed by atoms with E-state index in [0.29, 0.717) is 17.1 Å². The molecule has 1 aromatic carbocycles. The van der Waals surface area contributed by atoms with E-state index in [4.69, 9.17) is 4.74 Å². The summed E-state index contributed by atoms with van der Waals surface area (Å²) in [4.78, 5) is 16.9. The summed E-state index contributed by atoms with van der Waals surface area (Å²) in [5.41, 5.74) is -0.501. The number of alkyl halides is 3. The van der Waals surface area contributed by atoms with Crippen LogP contribution in [-0.2, 0) is 11.6 Å². The molecule has 0 atom stereocenters. The lowest BCUT2D eigenvalue weighted by molar-refractivity contribution is -0.137. The standard InChI is InChI=1S/C19H12F3N5O/c20-19(21,22)13-1-3-14(4-2-13)28-16-15(24-7-8-25-16)12-9-26-17(27-10-12)18(11-23)5-6-18/h1-4,7-10H,5-6H2. The first kappa shape index (κ1) is 17.9. The Bertz CT molecular complexity index is 1040. The summed E-state index contributed by atoms with van der Waals surface area (Å²) >= 11 is 0. The van der Waals surface area contributed by atoms with Gasteiger partial charge in [0.25, 0.3) is 0 Å². The minimum atomic E-state index is -4.42. The predicted molar refractivity (Wildman–Crippen MR) is 91.1 cm³/mol. The molecule has 4 rings (SSSR count). The van der Waals surface area contributed by atoms with Gasteiger partial charge in [0.05, 0.1) is 11.6 Å². The Morgan fingerprint density at radius 3 is 2.18 bits per heavy atom. The maximum atomic E-state index is 12.7. The number of aromatic nitrogens is 4. The van der Waals surface area contributed by atoms with Crippen LogP contribution >= 0.6 is 0 Å². The third-order valence-corrected chi connectivity index (χ3v) is 4.38. The number of benzene rings is 1. The van der Waals surface area contributed by atoms with Crippen LogP contribution in [0.25, 0.3) is 11.3 Å². The second-order valence-corrected chi connectivity index (χ2v) is 6.32. The average Bonchev–Trinajstić information content (AvgIpc) is 3.50. The highest BCUT2D eigenvalue weighted by atomic mass is 19.4. The Morgan fingerprint density at radius 2 is 1.61 bits per heavy atom. The number of halogens is 3. The van der Waals surface area contributed by atoms with E-state index < -0.39 is 17.2 Å². The predicted octanol–water partition coefficient (Wildman–Crippen LogP) is 4.30. The first-order chi connectivity index (χ1) is 13.4. The molecule has 0 unspecified atom stereocenters. The fourth-order valence-corrected chi connectivity index (χ4v) is 2.63. The summed E-state index contributed by atoms with van der Waals surface area (Å²) < 4.78 is 43.7. The lowest BCUT2D eigenvalue weighted by atomic mass is 10.1. The molecule has 1 aliphatic rings. The molecule has 2 heterocycles. The monoisotopic (exact) mass is 383 g/mol. The van der Waals surface area contributed by atoms with Crippen LogP contribution in [0.3, 0.4) is 0 Å². The quantitative estimate of drug-likeness (QED) is 0.668. The van der Waals surface area contributed by atoms with Gasteiger partial charge in [0, 0.05) is 30.4 Å². The van der Waals surface area contributed by atoms with Gasteiger partial charge < -0.3 is 4.74 Å². The highest BCUT2D eigenvalue weighted by molar-refractivity contribution is 5.62. The number of rotatable bonds is 4. The van der Waals surface area contributed by atoms with E-state index in [2.05, 4.69) is 26.0 Å². The zero-order valence-electron chi connectivity index (χ0n) is 14.3. The summed E-state index contributed by atoms with van der Waals surface area (Å²) in [6.07, 6.45) is 2.98.